The summed E-state index contributed by atoms with van der Waals surface area (Å²) >= 11 is 8.68. The van der Waals surface area contributed by atoms with Crippen LogP contribution in [0.15, 0.2) is 34.8 Å². The molecule has 3 nitrogen and oxygen atoms in total. The molecule has 0 fully saturated rings. The molecule has 2 rings (SSSR count). The number of nitrogens with one attached hydrogen (secondary N) is 1. The number of carbonyl (C=O) groups is 1. The van der Waals surface area contributed by atoms with Crippen molar-refractivity contribution < 1.29 is 18.3 Å². The first-order chi connectivity index (χ1) is 9.92. The van der Waals surface area contributed by atoms with Crippen LogP contribution in [0.1, 0.15) is 10.4 Å². The van der Waals surface area contributed by atoms with E-state index in [0.29, 0.717) is 5.02 Å². The summed E-state index contributed by atoms with van der Waals surface area (Å²) in [6, 6.07) is 6.25. The van der Waals surface area contributed by atoms with Crippen molar-refractivity contribution in [2.24, 2.45) is 0 Å². The van der Waals surface area contributed by atoms with Gasteiger partial charge in [-0.25, -0.2) is 8.78 Å². The first-order valence-electron chi connectivity index (χ1n) is 5.72. The molecule has 0 spiro atoms. The lowest BCUT2D eigenvalue weighted by atomic mass is 10.1. The van der Waals surface area contributed by atoms with Crippen molar-refractivity contribution in [1.82, 2.24) is 0 Å². The third kappa shape index (κ3) is 3.51. The van der Waals surface area contributed by atoms with Crippen molar-refractivity contribution in [3.8, 4) is 5.75 Å². The maximum atomic E-state index is 13.7. The van der Waals surface area contributed by atoms with Gasteiger partial charge in [-0.05, 0) is 40.2 Å². The molecular weight excluding hydrogens is 368 g/mol. The predicted molar refractivity (Wildman–Crippen MR) is 80.0 cm³/mol. The highest BCUT2D eigenvalue weighted by atomic mass is 79.9. The van der Waals surface area contributed by atoms with Crippen LogP contribution in [-0.2, 0) is 0 Å². The second-order valence-corrected chi connectivity index (χ2v) is 5.34. The fourth-order valence-corrected chi connectivity index (χ4v) is 2.15. The number of ether oxygens (including phenoxy) is 1. The minimum atomic E-state index is -0.766. The summed E-state index contributed by atoms with van der Waals surface area (Å²) in [5, 5.41) is 2.61. The molecule has 2 aromatic rings. The lowest BCUT2D eigenvalue weighted by Gasteiger charge is -2.11. The highest BCUT2D eigenvalue weighted by molar-refractivity contribution is 9.10. The SMILES string of the molecule is COc1ccc(Cl)cc1C(=O)Nc1cc(F)c(Br)cc1F. The first kappa shape index (κ1) is 15.7. The number of anilines is 1. The molecule has 110 valence electrons. The molecule has 0 unspecified atom stereocenters. The van der Waals surface area contributed by atoms with Gasteiger partial charge in [0.15, 0.2) is 0 Å². The van der Waals surface area contributed by atoms with Gasteiger partial charge in [0.25, 0.3) is 5.91 Å². The largest absolute Gasteiger partial charge is 0.496 e. The number of methoxy groups -OCH3 is 1. The van der Waals surface area contributed by atoms with Gasteiger partial charge in [0.2, 0.25) is 0 Å². The molecule has 2 aromatic carbocycles. The van der Waals surface area contributed by atoms with Crippen LogP contribution >= 0.6 is 27.5 Å². The number of carbonyl (C=O) groups excluding carboxylic acids is 1. The molecule has 1 amide bonds. The van der Waals surface area contributed by atoms with E-state index >= 15 is 0 Å². The predicted octanol–water partition coefficient (Wildman–Crippen LogP) is 4.64. The summed E-state index contributed by atoms with van der Waals surface area (Å²) in [7, 11) is 1.39. The molecule has 21 heavy (non-hydrogen) atoms. The summed E-state index contributed by atoms with van der Waals surface area (Å²) in [6.45, 7) is 0. The van der Waals surface area contributed by atoms with E-state index in [1.54, 1.807) is 6.07 Å². The van der Waals surface area contributed by atoms with E-state index in [0.717, 1.165) is 12.1 Å². The summed E-state index contributed by atoms with van der Waals surface area (Å²) in [5.74, 6) is -1.84. The van der Waals surface area contributed by atoms with Gasteiger partial charge in [0.05, 0.1) is 22.8 Å². The van der Waals surface area contributed by atoms with E-state index in [4.69, 9.17) is 16.3 Å². The van der Waals surface area contributed by atoms with Crippen molar-refractivity contribution in [3.63, 3.8) is 0 Å². The monoisotopic (exact) mass is 375 g/mol. The number of rotatable bonds is 3. The summed E-state index contributed by atoms with van der Waals surface area (Å²) in [4.78, 5) is 12.1. The van der Waals surface area contributed by atoms with Gasteiger partial charge in [0.1, 0.15) is 17.4 Å². The van der Waals surface area contributed by atoms with Gasteiger partial charge in [-0.3, -0.25) is 4.79 Å². The number of hydrogen-bond acceptors (Lipinski definition) is 2. The Bertz CT molecular complexity index is 710. The average molecular weight is 377 g/mol. The van der Waals surface area contributed by atoms with Crippen LogP contribution in [0.5, 0.6) is 5.75 Å². The molecule has 0 saturated carbocycles. The van der Waals surface area contributed by atoms with E-state index in [1.165, 1.54) is 19.2 Å². The standard InChI is InChI=1S/C14H9BrClF2NO2/c1-21-13-3-2-7(16)4-8(13)14(20)19-12-6-10(17)9(15)5-11(12)18/h2-6H,1H3,(H,19,20). The van der Waals surface area contributed by atoms with Crippen LogP contribution in [-0.4, -0.2) is 13.0 Å². The summed E-state index contributed by atoms with van der Waals surface area (Å²) in [5.41, 5.74) is -0.157. The van der Waals surface area contributed by atoms with Gasteiger partial charge < -0.3 is 10.1 Å². The zero-order valence-corrected chi connectivity index (χ0v) is 13.1. The second kappa shape index (κ2) is 6.41. The third-order valence-corrected chi connectivity index (χ3v) is 3.51. The minimum Gasteiger partial charge on any atom is -0.496 e. The van der Waals surface area contributed by atoms with Crippen LogP contribution in [0.4, 0.5) is 14.5 Å². The maximum Gasteiger partial charge on any atom is 0.259 e. The molecule has 0 heterocycles. The topological polar surface area (TPSA) is 38.3 Å². The molecule has 0 aromatic heterocycles. The van der Waals surface area contributed by atoms with Gasteiger partial charge in [-0.2, -0.15) is 0 Å². The van der Waals surface area contributed by atoms with Gasteiger partial charge >= 0.3 is 0 Å². The molecule has 7 heteroatoms. The molecule has 0 aliphatic carbocycles. The Morgan fingerprint density at radius 3 is 2.62 bits per heavy atom. The summed E-state index contributed by atoms with van der Waals surface area (Å²) < 4.78 is 32.1. The fourth-order valence-electron chi connectivity index (χ4n) is 1.67. The first-order valence-corrected chi connectivity index (χ1v) is 6.89. The Hall–Kier alpha value is -1.66. The second-order valence-electron chi connectivity index (χ2n) is 4.04. The highest BCUT2D eigenvalue weighted by Gasteiger charge is 2.16. The highest BCUT2D eigenvalue weighted by Crippen LogP contribution is 2.26. The van der Waals surface area contributed by atoms with E-state index in [1.807, 2.05) is 0 Å². The molecule has 0 atom stereocenters. The number of halogens is 4. The molecule has 0 radical (unpaired) electrons. The zero-order valence-electron chi connectivity index (χ0n) is 10.7. The lowest BCUT2D eigenvalue weighted by Crippen LogP contribution is -2.14. The van der Waals surface area contributed by atoms with Crippen LogP contribution in [0.25, 0.3) is 0 Å². The Morgan fingerprint density at radius 1 is 1.24 bits per heavy atom. The summed E-state index contributed by atoms with van der Waals surface area (Å²) in [6.07, 6.45) is 0. The number of hydrogen-bond donors (Lipinski definition) is 1. The molecular formula is C14H9BrClF2NO2. The van der Waals surface area contributed by atoms with Crippen LogP contribution in [0, 0.1) is 11.6 Å². The van der Waals surface area contributed by atoms with Crippen LogP contribution < -0.4 is 10.1 Å². The van der Waals surface area contributed by atoms with E-state index < -0.39 is 17.5 Å². The van der Waals surface area contributed by atoms with E-state index in [2.05, 4.69) is 21.2 Å². The van der Waals surface area contributed by atoms with E-state index in [9.17, 15) is 13.6 Å². The van der Waals surface area contributed by atoms with Crippen molar-refractivity contribution in [3.05, 3.63) is 57.0 Å². The zero-order chi connectivity index (χ0) is 15.6. The Kier molecular flexibility index (Phi) is 4.80. The van der Waals surface area contributed by atoms with Gasteiger partial charge in [0, 0.05) is 11.1 Å². The van der Waals surface area contributed by atoms with E-state index in [-0.39, 0.29) is 21.5 Å². The quantitative estimate of drug-likeness (QED) is 0.793. The number of benzene rings is 2. The maximum absolute atomic E-state index is 13.7. The van der Waals surface area contributed by atoms with Gasteiger partial charge in [-0.1, -0.05) is 11.6 Å². The Balaban J connectivity index is 2.34. The van der Waals surface area contributed by atoms with Crippen molar-refractivity contribution in [2.45, 2.75) is 0 Å². The lowest BCUT2D eigenvalue weighted by molar-refractivity contribution is 0.102. The van der Waals surface area contributed by atoms with Crippen LogP contribution in [0.2, 0.25) is 5.02 Å². The molecule has 0 bridgehead atoms. The average Bonchev–Trinajstić information content (AvgIpc) is 2.44. The van der Waals surface area contributed by atoms with Gasteiger partial charge in [-0.15, -0.1) is 0 Å². The van der Waals surface area contributed by atoms with Crippen LogP contribution in [0.3, 0.4) is 0 Å². The normalized spacial score (nSPS) is 10.3. The molecule has 1 N–H and O–H groups in total. The fraction of sp³-hybridized carbons (Fsp3) is 0.0714. The molecule has 0 aliphatic rings. The smallest absolute Gasteiger partial charge is 0.259 e. The Labute approximate surface area is 133 Å². The number of amides is 1. The molecule has 0 aliphatic heterocycles. The van der Waals surface area contributed by atoms with Crippen molar-refractivity contribution in [1.29, 1.82) is 0 Å². The third-order valence-electron chi connectivity index (χ3n) is 2.66. The van der Waals surface area contributed by atoms with Crippen molar-refractivity contribution >= 4 is 39.1 Å². The Morgan fingerprint density at radius 2 is 1.95 bits per heavy atom. The minimum absolute atomic E-state index is 0.0293. The van der Waals surface area contributed by atoms with Crippen molar-refractivity contribution in [2.75, 3.05) is 12.4 Å². The molecule has 0 saturated heterocycles.